The Morgan fingerprint density at radius 3 is 2.51 bits per heavy atom. The number of anilines is 1. The minimum atomic E-state index is -0.563. The van der Waals surface area contributed by atoms with E-state index in [2.05, 4.69) is 16.5 Å². The first-order chi connectivity index (χ1) is 22.0. The van der Waals surface area contributed by atoms with Crippen LogP contribution in [0, 0.1) is 12.7 Å². The Kier molecular flexibility index (Phi) is 9.15. The highest BCUT2D eigenvalue weighted by Crippen LogP contribution is 2.37. The van der Waals surface area contributed by atoms with E-state index >= 15 is 4.39 Å². The van der Waals surface area contributed by atoms with E-state index < -0.39 is 11.5 Å². The molecule has 1 saturated heterocycles. The van der Waals surface area contributed by atoms with Crippen LogP contribution in [0.4, 0.5) is 10.2 Å². The number of carbonyl (C=O) groups is 1. The Balaban J connectivity index is 0.00000433. The number of halogens is 1. The van der Waals surface area contributed by atoms with Crippen LogP contribution >= 0.6 is 0 Å². The SMILES string of the molecule is C.C=CC(=O)N1C[C@H](C)N(c2nc(=O)n(-c3c(C)ccnc3C(C)C)c3nc(-c4cc(OC)cc5ccccc45)c(F)cc23)C[C@H]1C. The van der Waals surface area contributed by atoms with Gasteiger partial charge in [0, 0.05) is 36.9 Å². The average Bonchev–Trinajstić information content (AvgIpc) is 3.04. The van der Waals surface area contributed by atoms with Crippen LogP contribution in [-0.4, -0.2) is 62.6 Å². The Morgan fingerprint density at radius 2 is 1.81 bits per heavy atom. The summed E-state index contributed by atoms with van der Waals surface area (Å²) in [6, 6.07) is 14.1. The molecule has 1 fully saturated rings. The van der Waals surface area contributed by atoms with E-state index in [-0.39, 0.29) is 42.7 Å². The number of hydrogen-bond donors (Lipinski definition) is 0. The van der Waals surface area contributed by atoms with E-state index in [9.17, 15) is 9.59 Å². The molecule has 0 N–H and O–H groups in total. The molecule has 9 nitrogen and oxygen atoms in total. The van der Waals surface area contributed by atoms with Crippen molar-refractivity contribution >= 4 is 33.5 Å². The number of amides is 1. The van der Waals surface area contributed by atoms with Crippen molar-refractivity contribution in [3.8, 4) is 22.7 Å². The molecule has 6 rings (SSSR count). The predicted octanol–water partition coefficient (Wildman–Crippen LogP) is 6.82. The smallest absolute Gasteiger partial charge is 0.355 e. The maximum absolute atomic E-state index is 16.5. The van der Waals surface area contributed by atoms with E-state index in [1.54, 1.807) is 24.3 Å². The van der Waals surface area contributed by atoms with Crippen LogP contribution in [0.2, 0.25) is 0 Å². The maximum atomic E-state index is 16.5. The molecule has 2 aromatic carbocycles. The molecular weight excluding hydrogens is 595 g/mol. The number of aromatic nitrogens is 4. The van der Waals surface area contributed by atoms with Crippen molar-refractivity contribution in [1.29, 1.82) is 0 Å². The summed E-state index contributed by atoms with van der Waals surface area (Å²) in [7, 11) is 1.57. The molecular formula is C37H41FN6O3. The lowest BCUT2D eigenvalue weighted by atomic mass is 10.00. The first kappa shape index (κ1) is 33.2. The highest BCUT2D eigenvalue weighted by Gasteiger charge is 2.34. The first-order valence-electron chi connectivity index (χ1n) is 15.4. The first-order valence-corrected chi connectivity index (χ1v) is 15.4. The molecule has 4 heterocycles. The van der Waals surface area contributed by atoms with Gasteiger partial charge in [0.1, 0.15) is 23.1 Å². The number of methoxy groups -OCH3 is 1. The minimum Gasteiger partial charge on any atom is -0.497 e. The van der Waals surface area contributed by atoms with Gasteiger partial charge in [0.05, 0.1) is 23.9 Å². The Bertz CT molecular complexity index is 2070. The number of pyridine rings is 2. The summed E-state index contributed by atoms with van der Waals surface area (Å²) in [5.74, 6) is 0.135. The van der Waals surface area contributed by atoms with E-state index in [4.69, 9.17) is 9.72 Å². The zero-order valence-electron chi connectivity index (χ0n) is 26.9. The fourth-order valence-electron chi connectivity index (χ4n) is 6.44. The predicted molar refractivity (Wildman–Crippen MR) is 186 cm³/mol. The number of aryl methyl sites for hydroxylation is 1. The lowest BCUT2D eigenvalue weighted by molar-refractivity contribution is -0.128. The number of ether oxygens (including phenoxy) is 1. The second kappa shape index (κ2) is 12.9. The summed E-state index contributed by atoms with van der Waals surface area (Å²) in [5.41, 5.74) is 2.44. The highest BCUT2D eigenvalue weighted by atomic mass is 19.1. The maximum Gasteiger partial charge on any atom is 0.355 e. The van der Waals surface area contributed by atoms with Crippen LogP contribution in [0.15, 0.2) is 72.2 Å². The third-order valence-electron chi connectivity index (χ3n) is 8.77. The van der Waals surface area contributed by atoms with E-state index in [1.165, 1.54) is 16.7 Å². The molecule has 244 valence electrons. The number of rotatable bonds is 6. The van der Waals surface area contributed by atoms with Crippen LogP contribution in [0.3, 0.4) is 0 Å². The second-order valence-electron chi connectivity index (χ2n) is 12.2. The van der Waals surface area contributed by atoms with Gasteiger partial charge >= 0.3 is 5.69 Å². The standard InChI is InChI=1S/C36H37FN6O3.CH4/c1-8-30(44)41-18-23(6)42(19-22(41)5)34-28-17-29(37)32(27-16-25(46-7)15-24-11-9-10-12-26(24)27)39-35(28)43(36(45)40-34)33-21(4)13-14-38-31(33)20(2)3;/h8-17,20,22-23H,1,18-19H2,2-7H3;1H4/t22-,23+;/m1./s1. The molecule has 1 amide bonds. The molecule has 3 aromatic heterocycles. The molecule has 0 aliphatic carbocycles. The summed E-state index contributed by atoms with van der Waals surface area (Å²) >= 11 is 0. The summed E-state index contributed by atoms with van der Waals surface area (Å²) in [6.45, 7) is 14.2. The van der Waals surface area contributed by atoms with Gasteiger partial charge in [-0.05, 0) is 73.4 Å². The van der Waals surface area contributed by atoms with Gasteiger partial charge in [-0.3, -0.25) is 9.78 Å². The number of nitrogens with zero attached hydrogens (tertiary/aromatic N) is 6. The van der Waals surface area contributed by atoms with Crippen molar-refractivity contribution in [2.75, 3.05) is 25.1 Å². The Morgan fingerprint density at radius 1 is 1.06 bits per heavy atom. The fourth-order valence-corrected chi connectivity index (χ4v) is 6.44. The third kappa shape index (κ3) is 5.73. The van der Waals surface area contributed by atoms with Crippen LogP contribution in [0.25, 0.3) is 38.8 Å². The summed E-state index contributed by atoms with van der Waals surface area (Å²) in [6.07, 6.45) is 3.02. The van der Waals surface area contributed by atoms with Gasteiger partial charge in [0.25, 0.3) is 0 Å². The number of benzene rings is 2. The van der Waals surface area contributed by atoms with Crippen molar-refractivity contribution < 1.29 is 13.9 Å². The number of piperazine rings is 1. The van der Waals surface area contributed by atoms with Crippen LogP contribution in [0.1, 0.15) is 52.3 Å². The molecule has 1 aliphatic rings. The third-order valence-corrected chi connectivity index (χ3v) is 8.77. The Labute approximate surface area is 274 Å². The van der Waals surface area contributed by atoms with Gasteiger partial charge in [-0.25, -0.2) is 18.7 Å². The van der Waals surface area contributed by atoms with Gasteiger partial charge in [0.15, 0.2) is 5.65 Å². The highest BCUT2D eigenvalue weighted by molar-refractivity contribution is 5.99. The topological polar surface area (TPSA) is 93.5 Å². The monoisotopic (exact) mass is 636 g/mol. The Hall–Kier alpha value is -5.12. The van der Waals surface area contributed by atoms with Gasteiger partial charge in [-0.1, -0.05) is 52.1 Å². The molecule has 1 aliphatic heterocycles. The molecule has 5 aromatic rings. The van der Waals surface area contributed by atoms with Crippen molar-refractivity contribution in [3.05, 3.63) is 94.9 Å². The summed E-state index contributed by atoms with van der Waals surface area (Å²) in [4.78, 5) is 44.7. The quantitative estimate of drug-likeness (QED) is 0.189. The lowest BCUT2D eigenvalue weighted by Crippen LogP contribution is -2.58. The van der Waals surface area contributed by atoms with E-state index in [0.29, 0.717) is 47.0 Å². The largest absolute Gasteiger partial charge is 0.497 e. The van der Waals surface area contributed by atoms with Gasteiger partial charge in [-0.15, -0.1) is 0 Å². The molecule has 0 bridgehead atoms. The number of fused-ring (bicyclic) bond motifs is 2. The van der Waals surface area contributed by atoms with Crippen molar-refractivity contribution in [2.45, 2.75) is 60.0 Å². The van der Waals surface area contributed by atoms with Gasteiger partial charge < -0.3 is 14.5 Å². The number of hydrogen-bond acceptors (Lipinski definition) is 7. The summed E-state index contributed by atoms with van der Waals surface area (Å²) < 4.78 is 23.5. The number of carbonyl (C=O) groups excluding carboxylic acids is 1. The zero-order valence-corrected chi connectivity index (χ0v) is 26.9. The molecule has 10 heteroatoms. The molecule has 0 saturated carbocycles. The molecule has 0 radical (unpaired) electrons. The van der Waals surface area contributed by atoms with Crippen molar-refractivity contribution in [3.63, 3.8) is 0 Å². The molecule has 0 spiro atoms. The van der Waals surface area contributed by atoms with Crippen LogP contribution in [-0.2, 0) is 4.79 Å². The van der Waals surface area contributed by atoms with Crippen molar-refractivity contribution in [2.24, 2.45) is 0 Å². The minimum absolute atomic E-state index is 0. The summed E-state index contributed by atoms with van der Waals surface area (Å²) in [5, 5.41) is 2.04. The second-order valence-corrected chi connectivity index (χ2v) is 12.2. The van der Waals surface area contributed by atoms with E-state index in [0.717, 1.165) is 16.3 Å². The normalized spacial score (nSPS) is 16.4. The van der Waals surface area contributed by atoms with Crippen molar-refractivity contribution in [1.82, 2.24) is 24.4 Å². The molecule has 47 heavy (non-hydrogen) atoms. The van der Waals surface area contributed by atoms with Gasteiger partial charge in [0.2, 0.25) is 5.91 Å². The zero-order chi connectivity index (χ0) is 32.9. The molecule has 2 atom stereocenters. The molecule has 0 unspecified atom stereocenters. The van der Waals surface area contributed by atoms with Crippen LogP contribution in [0.5, 0.6) is 5.75 Å². The average molecular weight is 637 g/mol. The van der Waals surface area contributed by atoms with Gasteiger partial charge in [-0.2, -0.15) is 4.98 Å². The lowest BCUT2D eigenvalue weighted by Gasteiger charge is -2.44. The fraction of sp³-hybridized carbons (Fsp3) is 0.324. The van der Waals surface area contributed by atoms with E-state index in [1.807, 2.05) is 75.9 Å². The van der Waals surface area contributed by atoms with Crippen LogP contribution < -0.4 is 15.3 Å².